The van der Waals surface area contributed by atoms with Crippen molar-refractivity contribution in [3.63, 3.8) is 0 Å². The van der Waals surface area contributed by atoms with Crippen LogP contribution in [0.3, 0.4) is 0 Å². The van der Waals surface area contributed by atoms with Crippen molar-refractivity contribution < 1.29 is 13.2 Å². The van der Waals surface area contributed by atoms with E-state index < -0.39 is 10.0 Å². The SMILES string of the molecule is CC(NC(=O)CN(C)C1=NS(=O)(=O)c2ccccc21)C12CC3CC(CC(C3)C1)C2. The summed E-state index contributed by atoms with van der Waals surface area (Å²) in [5.74, 6) is 2.81. The van der Waals surface area contributed by atoms with Crippen LogP contribution in [0.5, 0.6) is 0 Å². The number of fused-ring (bicyclic) bond motifs is 1. The molecule has 6 nitrogen and oxygen atoms in total. The van der Waals surface area contributed by atoms with E-state index in [9.17, 15) is 13.2 Å². The molecule has 5 aliphatic rings. The van der Waals surface area contributed by atoms with Gasteiger partial charge in [0.2, 0.25) is 5.91 Å². The quantitative estimate of drug-likeness (QED) is 0.820. The maximum Gasteiger partial charge on any atom is 0.285 e. The van der Waals surface area contributed by atoms with Crippen LogP contribution in [0.1, 0.15) is 51.0 Å². The van der Waals surface area contributed by atoms with Crippen molar-refractivity contribution in [2.75, 3.05) is 13.6 Å². The number of hydrogen-bond donors (Lipinski definition) is 1. The number of likely N-dealkylation sites (N-methyl/N-ethyl adjacent to an activating group) is 1. The van der Waals surface area contributed by atoms with Crippen molar-refractivity contribution in [3.05, 3.63) is 29.8 Å². The van der Waals surface area contributed by atoms with E-state index in [-0.39, 0.29) is 28.8 Å². The summed E-state index contributed by atoms with van der Waals surface area (Å²) in [6, 6.07) is 6.93. The van der Waals surface area contributed by atoms with Crippen LogP contribution in [0, 0.1) is 23.2 Å². The van der Waals surface area contributed by atoms with Crippen LogP contribution in [0.4, 0.5) is 0 Å². The Bertz CT molecular complexity index is 949. The highest BCUT2D eigenvalue weighted by Crippen LogP contribution is 2.61. The van der Waals surface area contributed by atoms with E-state index in [1.807, 2.05) is 0 Å². The fraction of sp³-hybridized carbons (Fsp3) is 0.636. The minimum Gasteiger partial charge on any atom is -0.352 e. The van der Waals surface area contributed by atoms with E-state index in [0.717, 1.165) is 17.8 Å². The van der Waals surface area contributed by atoms with Gasteiger partial charge in [0.05, 0.1) is 6.54 Å². The van der Waals surface area contributed by atoms with Gasteiger partial charge in [-0.05, 0) is 80.8 Å². The van der Waals surface area contributed by atoms with E-state index in [1.165, 1.54) is 38.5 Å². The first kappa shape index (κ1) is 19.1. The Morgan fingerprint density at radius 1 is 1.17 bits per heavy atom. The number of carbonyl (C=O) groups is 1. The minimum absolute atomic E-state index is 0.0692. The van der Waals surface area contributed by atoms with Crippen LogP contribution in [0.2, 0.25) is 0 Å². The number of nitrogens with zero attached hydrogens (tertiary/aromatic N) is 2. The molecular weight excluding hydrogens is 386 g/mol. The van der Waals surface area contributed by atoms with Crippen LogP contribution < -0.4 is 5.32 Å². The average Bonchev–Trinajstić information content (AvgIpc) is 2.92. The number of carbonyl (C=O) groups excluding carboxylic acids is 1. The Hall–Kier alpha value is -1.89. The molecule has 1 unspecified atom stereocenters. The number of nitrogens with one attached hydrogen (secondary N) is 1. The van der Waals surface area contributed by atoms with E-state index in [4.69, 9.17) is 0 Å². The lowest BCUT2D eigenvalue weighted by molar-refractivity contribution is -0.126. The van der Waals surface area contributed by atoms with Gasteiger partial charge >= 0.3 is 0 Å². The smallest absolute Gasteiger partial charge is 0.285 e. The highest BCUT2D eigenvalue weighted by molar-refractivity contribution is 7.90. The summed E-state index contributed by atoms with van der Waals surface area (Å²) in [4.78, 5) is 14.7. The normalized spacial score (nSPS) is 34.4. The molecule has 7 heteroatoms. The summed E-state index contributed by atoms with van der Waals surface area (Å²) in [5, 5.41) is 3.25. The summed E-state index contributed by atoms with van der Waals surface area (Å²) in [5.41, 5.74) is 0.820. The van der Waals surface area contributed by atoms with Gasteiger partial charge in [0, 0.05) is 18.7 Å². The summed E-state index contributed by atoms with van der Waals surface area (Å²) >= 11 is 0. The molecule has 0 spiro atoms. The second-order valence-electron chi connectivity index (χ2n) is 9.81. The van der Waals surface area contributed by atoms with Gasteiger partial charge in [-0.1, -0.05) is 12.1 Å². The molecule has 0 aromatic heterocycles. The molecule has 4 bridgehead atoms. The second-order valence-corrected chi connectivity index (χ2v) is 11.4. The first-order valence-electron chi connectivity index (χ1n) is 10.7. The topological polar surface area (TPSA) is 78.8 Å². The molecular formula is C22H29N3O3S. The number of amides is 1. The third-order valence-electron chi connectivity index (χ3n) is 7.74. The molecule has 0 radical (unpaired) electrons. The maximum absolute atomic E-state index is 12.8. The zero-order chi connectivity index (χ0) is 20.4. The Kier molecular flexibility index (Phi) is 4.32. The van der Waals surface area contributed by atoms with Gasteiger partial charge in [-0.2, -0.15) is 8.42 Å². The Morgan fingerprint density at radius 3 is 2.38 bits per heavy atom. The van der Waals surface area contributed by atoms with Crippen LogP contribution in [0.15, 0.2) is 33.6 Å². The number of benzene rings is 1. The number of sulfonamides is 1. The van der Waals surface area contributed by atoms with E-state index in [1.54, 1.807) is 36.2 Å². The predicted octanol–water partition coefficient (Wildman–Crippen LogP) is 2.79. The molecule has 156 valence electrons. The first-order chi connectivity index (χ1) is 13.8. The minimum atomic E-state index is -3.67. The highest BCUT2D eigenvalue weighted by atomic mass is 32.2. The summed E-state index contributed by atoms with van der Waals surface area (Å²) < 4.78 is 28.5. The third-order valence-corrected chi connectivity index (χ3v) is 9.06. The van der Waals surface area contributed by atoms with Crippen molar-refractivity contribution in [2.45, 2.75) is 56.4 Å². The van der Waals surface area contributed by atoms with Gasteiger partial charge in [0.1, 0.15) is 4.90 Å². The van der Waals surface area contributed by atoms with Crippen molar-refractivity contribution in [1.82, 2.24) is 10.2 Å². The lowest BCUT2D eigenvalue weighted by Crippen LogP contribution is -2.56. The van der Waals surface area contributed by atoms with Gasteiger partial charge in [-0.3, -0.25) is 4.79 Å². The predicted molar refractivity (Wildman–Crippen MR) is 111 cm³/mol. The van der Waals surface area contributed by atoms with Crippen molar-refractivity contribution in [3.8, 4) is 0 Å². The molecule has 0 saturated heterocycles. The molecule has 1 heterocycles. The molecule has 1 aliphatic heterocycles. The lowest BCUT2D eigenvalue weighted by Gasteiger charge is -2.59. The third kappa shape index (κ3) is 3.18. The molecule has 4 fully saturated rings. The molecule has 6 rings (SSSR count). The zero-order valence-electron chi connectivity index (χ0n) is 17.1. The Labute approximate surface area is 172 Å². The zero-order valence-corrected chi connectivity index (χ0v) is 17.9. The number of rotatable bonds is 4. The summed E-state index contributed by atoms with van der Waals surface area (Å²) in [6.07, 6.45) is 7.89. The standard InChI is InChI=1S/C22H29N3O3S/c1-14(22-10-15-7-16(11-22)9-17(8-15)12-22)23-20(26)13-25(2)21-18-5-3-4-6-19(18)29(27,28)24-21/h3-6,14-17H,7-13H2,1-2H3,(H,23,26). The van der Waals surface area contributed by atoms with Gasteiger partial charge in [0.25, 0.3) is 10.0 Å². The molecule has 1 aromatic rings. The van der Waals surface area contributed by atoms with Gasteiger partial charge in [-0.25, -0.2) is 0 Å². The average molecular weight is 416 g/mol. The lowest BCUT2D eigenvalue weighted by atomic mass is 9.48. The largest absolute Gasteiger partial charge is 0.352 e. The van der Waals surface area contributed by atoms with E-state index >= 15 is 0 Å². The van der Waals surface area contributed by atoms with Crippen molar-refractivity contribution in [1.29, 1.82) is 0 Å². The summed E-state index contributed by atoms with van der Waals surface area (Å²) in [7, 11) is -1.95. The first-order valence-corrected chi connectivity index (χ1v) is 12.1. The molecule has 4 saturated carbocycles. The van der Waals surface area contributed by atoms with Gasteiger partial charge in [0.15, 0.2) is 5.84 Å². The number of hydrogen-bond acceptors (Lipinski definition) is 4. The molecule has 4 aliphatic carbocycles. The molecule has 1 aromatic carbocycles. The Balaban J connectivity index is 1.27. The fourth-order valence-electron chi connectivity index (χ4n) is 6.80. The van der Waals surface area contributed by atoms with E-state index in [0.29, 0.717) is 11.4 Å². The molecule has 29 heavy (non-hydrogen) atoms. The number of amidine groups is 1. The second kappa shape index (κ2) is 6.56. The monoisotopic (exact) mass is 415 g/mol. The van der Waals surface area contributed by atoms with Crippen LogP contribution in [-0.2, 0) is 14.8 Å². The van der Waals surface area contributed by atoms with E-state index in [2.05, 4.69) is 16.6 Å². The van der Waals surface area contributed by atoms with Crippen LogP contribution >= 0.6 is 0 Å². The Morgan fingerprint density at radius 2 is 1.76 bits per heavy atom. The van der Waals surface area contributed by atoms with Crippen molar-refractivity contribution >= 4 is 21.8 Å². The van der Waals surface area contributed by atoms with Crippen molar-refractivity contribution in [2.24, 2.45) is 27.6 Å². The molecule has 1 atom stereocenters. The maximum atomic E-state index is 12.8. The van der Waals surface area contributed by atoms with Gasteiger partial charge in [-0.15, -0.1) is 4.40 Å². The molecule has 1 N–H and O–H groups in total. The summed E-state index contributed by atoms with van der Waals surface area (Å²) in [6.45, 7) is 2.26. The highest BCUT2D eigenvalue weighted by Gasteiger charge is 2.53. The van der Waals surface area contributed by atoms with Crippen LogP contribution in [-0.4, -0.2) is 44.7 Å². The van der Waals surface area contributed by atoms with Gasteiger partial charge < -0.3 is 10.2 Å². The molecule has 1 amide bonds. The fourth-order valence-corrected chi connectivity index (χ4v) is 8.05. The van der Waals surface area contributed by atoms with Crippen LogP contribution in [0.25, 0.3) is 0 Å².